The highest BCUT2D eigenvalue weighted by Gasteiger charge is 2.46. The van der Waals surface area contributed by atoms with E-state index >= 15 is 0 Å². The van der Waals surface area contributed by atoms with Crippen molar-refractivity contribution in [3.05, 3.63) is 69.7 Å². The van der Waals surface area contributed by atoms with Gasteiger partial charge in [0.1, 0.15) is 11.5 Å². The van der Waals surface area contributed by atoms with Gasteiger partial charge in [-0.15, -0.1) is 0 Å². The van der Waals surface area contributed by atoms with E-state index in [9.17, 15) is 14.7 Å². The summed E-state index contributed by atoms with van der Waals surface area (Å²) in [5.41, 5.74) is 1.21. The fourth-order valence-electron chi connectivity index (χ4n) is 4.16. The minimum atomic E-state index is -0.691. The molecule has 32 heavy (non-hydrogen) atoms. The van der Waals surface area contributed by atoms with E-state index in [2.05, 4.69) is 20.8 Å². The summed E-state index contributed by atoms with van der Waals surface area (Å²) in [6.45, 7) is 3.87. The number of halogens is 1. The lowest BCUT2D eigenvalue weighted by atomic mass is 9.95. The van der Waals surface area contributed by atoms with Crippen LogP contribution >= 0.6 is 15.9 Å². The van der Waals surface area contributed by atoms with Crippen LogP contribution in [0.5, 0.6) is 5.75 Å². The average Bonchev–Trinajstić information content (AvgIpc) is 3.08. The molecule has 1 N–H and O–H groups in total. The zero-order chi connectivity index (χ0) is 22.7. The Kier molecular flexibility index (Phi) is 6.93. The van der Waals surface area contributed by atoms with Crippen molar-refractivity contribution in [2.24, 2.45) is 0 Å². The topological polar surface area (TPSA) is 79.3 Å². The molecule has 0 aliphatic carbocycles. The van der Waals surface area contributed by atoms with Gasteiger partial charge in [0.15, 0.2) is 0 Å². The molecule has 2 aliphatic heterocycles. The molecule has 1 unspecified atom stereocenters. The number of ketones is 1. The molecule has 0 saturated carbocycles. The first kappa shape index (κ1) is 22.5. The number of aliphatic hydroxyl groups excluding tert-OH is 1. The van der Waals surface area contributed by atoms with Crippen molar-refractivity contribution >= 4 is 33.4 Å². The second-order valence-corrected chi connectivity index (χ2v) is 8.61. The molecule has 0 radical (unpaired) electrons. The Bertz CT molecular complexity index is 1030. The zero-order valence-corrected chi connectivity index (χ0v) is 19.4. The van der Waals surface area contributed by atoms with E-state index in [0.29, 0.717) is 37.6 Å². The van der Waals surface area contributed by atoms with E-state index in [0.717, 1.165) is 23.1 Å². The molecule has 2 aliphatic rings. The number of rotatable bonds is 6. The summed E-state index contributed by atoms with van der Waals surface area (Å²) in [7, 11) is 1.50. The van der Waals surface area contributed by atoms with Crippen molar-refractivity contribution in [1.82, 2.24) is 9.80 Å². The fourth-order valence-corrected chi connectivity index (χ4v) is 4.43. The van der Waals surface area contributed by atoms with Crippen LogP contribution < -0.4 is 4.74 Å². The fraction of sp³-hybridized carbons (Fsp3) is 0.333. The van der Waals surface area contributed by atoms with Crippen LogP contribution in [-0.4, -0.2) is 73.1 Å². The van der Waals surface area contributed by atoms with Gasteiger partial charge in [-0.3, -0.25) is 14.5 Å². The van der Waals surface area contributed by atoms with Crippen LogP contribution in [0.25, 0.3) is 5.76 Å². The zero-order valence-electron chi connectivity index (χ0n) is 17.8. The third-order valence-corrected chi connectivity index (χ3v) is 6.38. The van der Waals surface area contributed by atoms with E-state index in [1.54, 1.807) is 29.2 Å². The van der Waals surface area contributed by atoms with Gasteiger partial charge in [-0.05, 0) is 29.8 Å². The molecule has 7 nitrogen and oxygen atoms in total. The summed E-state index contributed by atoms with van der Waals surface area (Å²) in [6.07, 6.45) is 0. The molecule has 2 aromatic rings. The molecule has 168 valence electrons. The van der Waals surface area contributed by atoms with Gasteiger partial charge >= 0.3 is 0 Å². The van der Waals surface area contributed by atoms with Gasteiger partial charge in [0, 0.05) is 30.7 Å². The Balaban J connectivity index is 1.76. The van der Waals surface area contributed by atoms with E-state index < -0.39 is 17.7 Å². The lowest BCUT2D eigenvalue weighted by molar-refractivity contribution is -0.140. The molecule has 2 heterocycles. The van der Waals surface area contributed by atoms with Gasteiger partial charge in [-0.25, -0.2) is 0 Å². The van der Waals surface area contributed by atoms with Crippen LogP contribution in [0, 0.1) is 0 Å². The SMILES string of the molecule is COc1ccccc1/C(O)=C1\C(=O)C(=O)N(CCN2CCOCC2)C1c1ccc(Br)cc1. The number of likely N-dealkylation sites (tertiary alicyclic amines) is 1. The van der Waals surface area contributed by atoms with E-state index in [1.165, 1.54) is 7.11 Å². The third-order valence-electron chi connectivity index (χ3n) is 5.85. The summed E-state index contributed by atoms with van der Waals surface area (Å²) in [5, 5.41) is 11.2. The largest absolute Gasteiger partial charge is 0.507 e. The van der Waals surface area contributed by atoms with Gasteiger partial charge in [-0.1, -0.05) is 40.2 Å². The van der Waals surface area contributed by atoms with Crippen LogP contribution in [0.15, 0.2) is 58.6 Å². The minimum absolute atomic E-state index is 0.0730. The van der Waals surface area contributed by atoms with Crippen molar-refractivity contribution in [3.8, 4) is 5.75 Å². The second kappa shape index (κ2) is 9.85. The number of carbonyl (C=O) groups excluding carboxylic acids is 2. The first-order valence-corrected chi connectivity index (χ1v) is 11.3. The van der Waals surface area contributed by atoms with Crippen molar-refractivity contribution in [3.63, 3.8) is 0 Å². The van der Waals surface area contributed by atoms with Gasteiger partial charge < -0.3 is 19.5 Å². The maximum atomic E-state index is 13.1. The van der Waals surface area contributed by atoms with Gasteiger partial charge in [0.05, 0.1) is 37.5 Å². The van der Waals surface area contributed by atoms with Crippen LogP contribution in [0.2, 0.25) is 0 Å². The summed E-state index contributed by atoms with van der Waals surface area (Å²) in [4.78, 5) is 30.0. The lowest BCUT2D eigenvalue weighted by Crippen LogP contribution is -2.42. The molecule has 0 aromatic heterocycles. The van der Waals surface area contributed by atoms with Crippen LogP contribution in [-0.2, 0) is 14.3 Å². The summed E-state index contributed by atoms with van der Waals surface area (Å²) in [6, 6.07) is 13.7. The highest BCUT2D eigenvalue weighted by Crippen LogP contribution is 2.41. The van der Waals surface area contributed by atoms with Gasteiger partial charge in [-0.2, -0.15) is 0 Å². The molecule has 1 amide bonds. The van der Waals surface area contributed by atoms with Gasteiger partial charge in [0.25, 0.3) is 11.7 Å². The number of benzene rings is 2. The number of aliphatic hydroxyl groups is 1. The van der Waals surface area contributed by atoms with Crippen molar-refractivity contribution in [2.45, 2.75) is 6.04 Å². The van der Waals surface area contributed by atoms with Crippen molar-refractivity contribution in [1.29, 1.82) is 0 Å². The molecule has 1 atom stereocenters. The van der Waals surface area contributed by atoms with Crippen LogP contribution in [0.4, 0.5) is 0 Å². The number of carbonyl (C=O) groups is 2. The summed E-state index contributed by atoms with van der Waals surface area (Å²) < 4.78 is 11.7. The van der Waals surface area contributed by atoms with Crippen molar-refractivity contribution < 1.29 is 24.2 Å². The number of hydrogen-bond donors (Lipinski definition) is 1. The smallest absolute Gasteiger partial charge is 0.295 e. The van der Waals surface area contributed by atoms with Crippen LogP contribution in [0.3, 0.4) is 0 Å². The van der Waals surface area contributed by atoms with Crippen LogP contribution in [0.1, 0.15) is 17.2 Å². The summed E-state index contributed by atoms with van der Waals surface area (Å²) >= 11 is 3.43. The Labute approximate surface area is 195 Å². The number of para-hydroxylation sites is 1. The quantitative estimate of drug-likeness (QED) is 0.372. The number of morpholine rings is 1. The minimum Gasteiger partial charge on any atom is -0.507 e. The second-order valence-electron chi connectivity index (χ2n) is 7.70. The molecule has 4 rings (SSSR count). The molecular weight excluding hydrogens is 476 g/mol. The van der Waals surface area contributed by atoms with E-state index in [1.807, 2.05) is 24.3 Å². The van der Waals surface area contributed by atoms with E-state index in [4.69, 9.17) is 9.47 Å². The Hall–Kier alpha value is -2.68. The number of Topliss-reactive ketones (excluding diaryl/α,β-unsaturated/α-hetero) is 1. The average molecular weight is 501 g/mol. The van der Waals surface area contributed by atoms with Crippen molar-refractivity contribution in [2.75, 3.05) is 46.5 Å². The number of hydrogen-bond acceptors (Lipinski definition) is 6. The number of ether oxygens (including phenoxy) is 2. The first-order valence-electron chi connectivity index (χ1n) is 10.5. The normalized spacial score (nSPS) is 21.2. The molecule has 0 spiro atoms. The highest BCUT2D eigenvalue weighted by atomic mass is 79.9. The maximum Gasteiger partial charge on any atom is 0.295 e. The molecular formula is C24H25BrN2O5. The number of methoxy groups -OCH3 is 1. The first-order chi connectivity index (χ1) is 15.5. The molecule has 0 bridgehead atoms. The van der Waals surface area contributed by atoms with Gasteiger partial charge in [0.2, 0.25) is 0 Å². The Morgan fingerprint density at radius 2 is 1.78 bits per heavy atom. The van der Waals surface area contributed by atoms with E-state index in [-0.39, 0.29) is 11.3 Å². The molecule has 2 aromatic carbocycles. The highest BCUT2D eigenvalue weighted by molar-refractivity contribution is 9.10. The predicted molar refractivity (Wildman–Crippen MR) is 123 cm³/mol. The molecule has 2 fully saturated rings. The number of amides is 1. The summed E-state index contributed by atoms with van der Waals surface area (Å²) in [5.74, 6) is -1.10. The lowest BCUT2D eigenvalue weighted by Gasteiger charge is -2.31. The molecule has 8 heteroatoms. The monoisotopic (exact) mass is 500 g/mol. The standard InChI is InChI=1S/C24H25BrN2O5/c1-31-19-5-3-2-4-18(19)22(28)20-21(16-6-8-17(25)9-7-16)27(24(30)23(20)29)11-10-26-12-14-32-15-13-26/h2-9,21,28H,10-15H2,1H3/b22-20+. The Morgan fingerprint density at radius 3 is 2.47 bits per heavy atom. The molecule has 2 saturated heterocycles. The Morgan fingerprint density at radius 1 is 1.09 bits per heavy atom. The predicted octanol–water partition coefficient (Wildman–Crippen LogP) is 3.21. The maximum absolute atomic E-state index is 13.1. The third kappa shape index (κ3) is 4.44. The number of nitrogens with zero attached hydrogens (tertiary/aromatic N) is 2.